The summed E-state index contributed by atoms with van der Waals surface area (Å²) in [6, 6.07) is 0. The minimum absolute atomic E-state index is 0.0840. The molecule has 0 spiro atoms. The molecule has 0 aliphatic rings. The van der Waals surface area contributed by atoms with Gasteiger partial charge in [0.15, 0.2) is 0 Å². The minimum Gasteiger partial charge on any atom is -0.392 e. The van der Waals surface area contributed by atoms with Gasteiger partial charge in [-0.1, -0.05) is 12.8 Å². The van der Waals surface area contributed by atoms with Gasteiger partial charge < -0.3 is 5.11 Å². The molecule has 0 fully saturated rings. The lowest BCUT2D eigenvalue weighted by atomic mass is 10.2. The predicted octanol–water partition coefficient (Wildman–Crippen LogP) is 0.948. The zero-order valence-corrected chi connectivity index (χ0v) is 5.02. The Balaban J connectivity index is 3.72. The van der Waals surface area contributed by atoms with Gasteiger partial charge in [0.05, 0.1) is 6.61 Å². The monoisotopic (exact) mass is 110 g/mol. The van der Waals surface area contributed by atoms with E-state index in [0.29, 0.717) is 0 Å². The standard InChI is InChI=1S/C7H10O/c1-3-5-7(4-2)6-8/h1,5,8H,4,6H2,2H3/b7-5-. The van der Waals surface area contributed by atoms with Crippen LogP contribution in [-0.4, -0.2) is 11.7 Å². The highest BCUT2D eigenvalue weighted by Gasteiger charge is 1.85. The van der Waals surface area contributed by atoms with Gasteiger partial charge in [0.1, 0.15) is 0 Å². The van der Waals surface area contributed by atoms with Crippen LogP contribution in [0, 0.1) is 12.3 Å². The van der Waals surface area contributed by atoms with E-state index in [4.69, 9.17) is 11.5 Å². The van der Waals surface area contributed by atoms with Crippen LogP contribution in [0.3, 0.4) is 0 Å². The summed E-state index contributed by atoms with van der Waals surface area (Å²) in [6.07, 6.45) is 7.37. The van der Waals surface area contributed by atoms with Crippen LogP contribution in [-0.2, 0) is 0 Å². The van der Waals surface area contributed by atoms with Gasteiger partial charge in [-0.15, -0.1) is 6.42 Å². The second-order valence-corrected chi connectivity index (χ2v) is 1.48. The van der Waals surface area contributed by atoms with Gasteiger partial charge in [0.25, 0.3) is 0 Å². The molecule has 1 N–H and O–H groups in total. The summed E-state index contributed by atoms with van der Waals surface area (Å²) in [7, 11) is 0. The van der Waals surface area contributed by atoms with Crippen LogP contribution in [0.25, 0.3) is 0 Å². The van der Waals surface area contributed by atoms with Gasteiger partial charge in [0, 0.05) is 0 Å². The van der Waals surface area contributed by atoms with E-state index in [1.54, 1.807) is 6.08 Å². The molecule has 0 aromatic carbocycles. The summed E-state index contributed by atoms with van der Waals surface area (Å²) in [4.78, 5) is 0. The lowest BCUT2D eigenvalue weighted by Crippen LogP contribution is -1.85. The Kier molecular flexibility index (Phi) is 4.01. The second-order valence-electron chi connectivity index (χ2n) is 1.48. The van der Waals surface area contributed by atoms with E-state index >= 15 is 0 Å². The van der Waals surface area contributed by atoms with Crippen molar-refractivity contribution in [1.82, 2.24) is 0 Å². The lowest BCUT2D eigenvalue weighted by molar-refractivity contribution is 0.328. The molecule has 0 aliphatic carbocycles. The van der Waals surface area contributed by atoms with Crippen LogP contribution in [0.1, 0.15) is 13.3 Å². The van der Waals surface area contributed by atoms with E-state index < -0.39 is 0 Å². The molecule has 0 bridgehead atoms. The maximum atomic E-state index is 8.49. The van der Waals surface area contributed by atoms with Crippen molar-refractivity contribution in [2.75, 3.05) is 6.61 Å². The van der Waals surface area contributed by atoms with Crippen molar-refractivity contribution in [2.45, 2.75) is 13.3 Å². The van der Waals surface area contributed by atoms with Crippen molar-refractivity contribution in [3.63, 3.8) is 0 Å². The number of terminal acetylenes is 1. The van der Waals surface area contributed by atoms with Crippen molar-refractivity contribution >= 4 is 0 Å². The van der Waals surface area contributed by atoms with E-state index in [9.17, 15) is 0 Å². The third-order valence-electron chi connectivity index (χ3n) is 0.945. The third-order valence-corrected chi connectivity index (χ3v) is 0.945. The van der Waals surface area contributed by atoms with E-state index in [0.717, 1.165) is 12.0 Å². The molecule has 0 heterocycles. The summed E-state index contributed by atoms with van der Waals surface area (Å²) < 4.78 is 0. The highest BCUT2D eigenvalue weighted by atomic mass is 16.3. The first-order valence-electron chi connectivity index (χ1n) is 2.60. The maximum absolute atomic E-state index is 8.49. The average molecular weight is 110 g/mol. The SMILES string of the molecule is C#C/C=C(/CC)CO. The van der Waals surface area contributed by atoms with Crippen LogP contribution in [0.2, 0.25) is 0 Å². The summed E-state index contributed by atoms with van der Waals surface area (Å²) in [6.45, 7) is 2.04. The van der Waals surface area contributed by atoms with Crippen molar-refractivity contribution in [3.05, 3.63) is 11.6 Å². The number of rotatable bonds is 2. The first kappa shape index (κ1) is 7.26. The largest absolute Gasteiger partial charge is 0.392 e. The summed E-state index contributed by atoms with van der Waals surface area (Å²) in [5, 5.41) is 8.49. The molecule has 0 atom stereocenters. The first-order valence-corrected chi connectivity index (χ1v) is 2.60. The summed E-state index contributed by atoms with van der Waals surface area (Å²) >= 11 is 0. The number of hydrogen-bond donors (Lipinski definition) is 1. The molecule has 8 heavy (non-hydrogen) atoms. The van der Waals surface area contributed by atoms with Crippen LogP contribution in [0.5, 0.6) is 0 Å². The molecule has 0 rings (SSSR count). The smallest absolute Gasteiger partial charge is 0.0650 e. The number of aliphatic hydroxyl groups is 1. The highest BCUT2D eigenvalue weighted by molar-refractivity contribution is 5.17. The summed E-state index contributed by atoms with van der Waals surface area (Å²) in [5.74, 6) is 2.35. The van der Waals surface area contributed by atoms with Gasteiger partial charge in [-0.3, -0.25) is 0 Å². The zero-order valence-electron chi connectivity index (χ0n) is 5.02. The Morgan fingerprint density at radius 2 is 2.50 bits per heavy atom. The van der Waals surface area contributed by atoms with E-state index in [1.807, 2.05) is 6.92 Å². The Labute approximate surface area is 50.0 Å². The Morgan fingerprint density at radius 1 is 1.88 bits per heavy atom. The van der Waals surface area contributed by atoms with E-state index in [1.165, 1.54) is 0 Å². The molecule has 0 saturated heterocycles. The molecular weight excluding hydrogens is 100 g/mol. The van der Waals surface area contributed by atoms with Crippen LogP contribution >= 0.6 is 0 Å². The van der Waals surface area contributed by atoms with Gasteiger partial charge in [-0.25, -0.2) is 0 Å². The highest BCUT2D eigenvalue weighted by Crippen LogP contribution is 1.95. The fourth-order valence-corrected chi connectivity index (χ4v) is 0.377. The topological polar surface area (TPSA) is 20.2 Å². The second kappa shape index (κ2) is 4.42. The Morgan fingerprint density at radius 3 is 2.62 bits per heavy atom. The first-order chi connectivity index (χ1) is 3.85. The quantitative estimate of drug-likeness (QED) is 0.525. The third kappa shape index (κ3) is 2.44. The Bertz CT molecular complexity index is 111. The Hall–Kier alpha value is -0.740. The molecule has 0 radical (unpaired) electrons. The molecule has 44 valence electrons. The number of aliphatic hydroxyl groups excluding tert-OH is 1. The van der Waals surface area contributed by atoms with Crippen molar-refractivity contribution < 1.29 is 5.11 Å². The normalized spacial score (nSPS) is 10.9. The molecule has 0 amide bonds. The molecular formula is C7H10O. The van der Waals surface area contributed by atoms with Gasteiger partial charge >= 0.3 is 0 Å². The predicted molar refractivity (Wildman–Crippen MR) is 34.3 cm³/mol. The molecule has 0 unspecified atom stereocenters. The van der Waals surface area contributed by atoms with Crippen molar-refractivity contribution in [3.8, 4) is 12.3 Å². The maximum Gasteiger partial charge on any atom is 0.0650 e. The van der Waals surface area contributed by atoms with Crippen molar-refractivity contribution in [2.24, 2.45) is 0 Å². The molecule has 0 aromatic rings. The van der Waals surface area contributed by atoms with Gasteiger partial charge in [-0.2, -0.15) is 0 Å². The fraction of sp³-hybridized carbons (Fsp3) is 0.429. The molecule has 0 aromatic heterocycles. The molecule has 0 saturated carbocycles. The van der Waals surface area contributed by atoms with Crippen LogP contribution in [0.15, 0.2) is 11.6 Å². The minimum atomic E-state index is 0.0840. The number of hydrogen-bond acceptors (Lipinski definition) is 1. The van der Waals surface area contributed by atoms with Crippen LogP contribution in [0.4, 0.5) is 0 Å². The average Bonchev–Trinajstić information content (AvgIpc) is 1.83. The van der Waals surface area contributed by atoms with Gasteiger partial charge in [-0.05, 0) is 18.1 Å². The van der Waals surface area contributed by atoms with E-state index in [-0.39, 0.29) is 6.61 Å². The van der Waals surface area contributed by atoms with E-state index in [2.05, 4.69) is 5.92 Å². The number of allylic oxidation sites excluding steroid dienone is 1. The fourth-order valence-electron chi connectivity index (χ4n) is 0.377. The lowest BCUT2D eigenvalue weighted by Gasteiger charge is -1.92. The molecule has 1 nitrogen and oxygen atoms in total. The van der Waals surface area contributed by atoms with Crippen molar-refractivity contribution in [1.29, 1.82) is 0 Å². The zero-order chi connectivity index (χ0) is 6.41. The molecule has 0 aliphatic heterocycles. The van der Waals surface area contributed by atoms with Gasteiger partial charge in [0.2, 0.25) is 0 Å². The summed E-state index contributed by atoms with van der Waals surface area (Å²) in [5.41, 5.74) is 0.910. The van der Waals surface area contributed by atoms with Crippen LogP contribution < -0.4 is 0 Å². The molecule has 1 heteroatoms.